The molecular formula is C15H11ClN2O3. The molecule has 2 heterocycles. The molecule has 106 valence electrons. The Bertz CT molecular complexity index is 700. The first-order valence-electron chi connectivity index (χ1n) is 6.35. The maximum atomic E-state index is 12.0. The Morgan fingerprint density at radius 3 is 2.86 bits per heavy atom. The summed E-state index contributed by atoms with van der Waals surface area (Å²) in [4.78, 5) is 27.6. The number of esters is 1. The van der Waals surface area contributed by atoms with Crippen LogP contribution in [0.15, 0.2) is 42.6 Å². The Hall–Kier alpha value is -2.40. The summed E-state index contributed by atoms with van der Waals surface area (Å²) in [6.45, 7) is 0. The quantitative estimate of drug-likeness (QED) is 0.699. The van der Waals surface area contributed by atoms with Gasteiger partial charge in [0.1, 0.15) is 11.3 Å². The summed E-state index contributed by atoms with van der Waals surface area (Å²) < 4.78 is 5.22. The number of nitrogens with one attached hydrogen (secondary N) is 1. The molecule has 1 atom stereocenters. The first kappa shape index (κ1) is 13.6. The molecule has 1 amide bonds. The van der Waals surface area contributed by atoms with Crippen LogP contribution in [0.5, 0.6) is 0 Å². The summed E-state index contributed by atoms with van der Waals surface area (Å²) in [5.74, 6) is -0.648. The third kappa shape index (κ3) is 2.87. The van der Waals surface area contributed by atoms with E-state index >= 15 is 0 Å². The number of fused-ring (bicyclic) bond motifs is 1. The molecule has 0 saturated carbocycles. The highest BCUT2D eigenvalue weighted by Gasteiger charge is 2.31. The first-order chi connectivity index (χ1) is 10.1. The number of carbonyl (C=O) groups excluding carboxylic acids is 2. The molecule has 3 rings (SSSR count). The highest BCUT2D eigenvalue weighted by Crippen LogP contribution is 2.32. The molecule has 1 aromatic carbocycles. The van der Waals surface area contributed by atoms with Crippen LogP contribution in [0.3, 0.4) is 0 Å². The van der Waals surface area contributed by atoms with E-state index in [-0.39, 0.29) is 12.3 Å². The predicted molar refractivity (Wildman–Crippen MR) is 77.1 cm³/mol. The topological polar surface area (TPSA) is 68.3 Å². The van der Waals surface area contributed by atoms with Crippen molar-refractivity contribution in [1.82, 2.24) is 4.98 Å². The lowest BCUT2D eigenvalue weighted by Gasteiger charge is -2.10. The molecule has 1 aromatic heterocycles. The molecule has 0 saturated heterocycles. The van der Waals surface area contributed by atoms with E-state index in [9.17, 15) is 9.59 Å². The third-order valence-corrected chi connectivity index (χ3v) is 3.38. The second-order valence-electron chi connectivity index (χ2n) is 4.60. The van der Waals surface area contributed by atoms with Crippen molar-refractivity contribution in [3.8, 4) is 0 Å². The summed E-state index contributed by atoms with van der Waals surface area (Å²) in [5, 5.41) is 3.04. The van der Waals surface area contributed by atoms with Gasteiger partial charge in [-0.3, -0.25) is 4.79 Å². The third-order valence-electron chi connectivity index (χ3n) is 3.16. The average molecular weight is 303 g/mol. The summed E-state index contributed by atoms with van der Waals surface area (Å²) >= 11 is 5.68. The average Bonchev–Trinajstić information content (AvgIpc) is 2.78. The monoisotopic (exact) mass is 302 g/mol. The molecule has 0 radical (unpaired) electrons. The zero-order valence-corrected chi connectivity index (χ0v) is 11.6. The van der Waals surface area contributed by atoms with Crippen LogP contribution in [-0.4, -0.2) is 16.9 Å². The standard InChI is InChI=1S/C15H11ClN2O3/c16-13-6-5-9(8-17-13)18-14(19)7-12-10-3-1-2-4-11(10)15(20)21-12/h1-6,8,12H,7H2,(H,18,19)/t12-/m0/s1. The van der Waals surface area contributed by atoms with Crippen LogP contribution in [0.2, 0.25) is 5.15 Å². The number of halogens is 1. The lowest BCUT2D eigenvalue weighted by Crippen LogP contribution is -2.15. The zero-order chi connectivity index (χ0) is 14.8. The van der Waals surface area contributed by atoms with E-state index < -0.39 is 12.1 Å². The second-order valence-corrected chi connectivity index (χ2v) is 4.99. The van der Waals surface area contributed by atoms with Crippen LogP contribution in [0.4, 0.5) is 5.69 Å². The fourth-order valence-electron chi connectivity index (χ4n) is 2.20. The highest BCUT2D eigenvalue weighted by atomic mass is 35.5. The van der Waals surface area contributed by atoms with Gasteiger partial charge in [0.25, 0.3) is 0 Å². The van der Waals surface area contributed by atoms with Gasteiger partial charge in [-0.15, -0.1) is 0 Å². The highest BCUT2D eigenvalue weighted by molar-refractivity contribution is 6.29. The van der Waals surface area contributed by atoms with Gasteiger partial charge in [0.05, 0.1) is 23.9 Å². The summed E-state index contributed by atoms with van der Waals surface area (Å²) in [6, 6.07) is 10.3. The fraction of sp³-hybridized carbons (Fsp3) is 0.133. The van der Waals surface area contributed by atoms with Gasteiger partial charge in [0.15, 0.2) is 0 Å². The first-order valence-corrected chi connectivity index (χ1v) is 6.72. The summed E-state index contributed by atoms with van der Waals surface area (Å²) in [5.41, 5.74) is 1.80. The molecule has 0 fully saturated rings. The van der Waals surface area contributed by atoms with E-state index in [1.165, 1.54) is 6.20 Å². The molecule has 0 spiro atoms. The predicted octanol–water partition coefficient (Wildman–Crippen LogP) is 2.98. The Kier molecular flexibility index (Phi) is 3.58. The van der Waals surface area contributed by atoms with Gasteiger partial charge in [-0.25, -0.2) is 9.78 Å². The van der Waals surface area contributed by atoms with Gasteiger partial charge < -0.3 is 10.1 Å². The Labute approximate surface area is 125 Å². The summed E-state index contributed by atoms with van der Waals surface area (Å²) in [7, 11) is 0. The molecule has 1 aliphatic rings. The fourth-order valence-corrected chi connectivity index (χ4v) is 2.31. The number of anilines is 1. The largest absolute Gasteiger partial charge is 0.453 e. The van der Waals surface area contributed by atoms with E-state index in [0.717, 1.165) is 5.56 Å². The minimum Gasteiger partial charge on any atom is -0.453 e. The van der Waals surface area contributed by atoms with Crippen molar-refractivity contribution in [2.45, 2.75) is 12.5 Å². The van der Waals surface area contributed by atoms with Gasteiger partial charge in [-0.05, 0) is 18.2 Å². The van der Waals surface area contributed by atoms with E-state index in [4.69, 9.17) is 16.3 Å². The molecule has 6 heteroatoms. The number of pyridine rings is 1. The van der Waals surface area contributed by atoms with Crippen LogP contribution >= 0.6 is 11.6 Å². The van der Waals surface area contributed by atoms with Gasteiger partial charge in [0, 0.05) is 5.56 Å². The zero-order valence-electron chi connectivity index (χ0n) is 10.9. The molecule has 0 bridgehead atoms. The number of ether oxygens (including phenoxy) is 1. The normalized spacial score (nSPS) is 16.2. The van der Waals surface area contributed by atoms with Crippen LogP contribution < -0.4 is 5.32 Å². The number of rotatable bonds is 3. The minimum atomic E-state index is -0.547. The van der Waals surface area contributed by atoms with Crippen molar-refractivity contribution < 1.29 is 14.3 Å². The maximum Gasteiger partial charge on any atom is 0.339 e. The molecule has 0 unspecified atom stereocenters. The molecule has 1 aliphatic heterocycles. The number of amides is 1. The van der Waals surface area contributed by atoms with Crippen molar-refractivity contribution in [3.63, 3.8) is 0 Å². The number of benzene rings is 1. The van der Waals surface area contributed by atoms with Gasteiger partial charge in [-0.2, -0.15) is 0 Å². The number of aromatic nitrogens is 1. The molecule has 5 nitrogen and oxygen atoms in total. The second kappa shape index (κ2) is 5.54. The van der Waals surface area contributed by atoms with E-state index in [1.54, 1.807) is 30.3 Å². The Balaban J connectivity index is 1.69. The van der Waals surface area contributed by atoms with Crippen LogP contribution in [0.1, 0.15) is 28.4 Å². The van der Waals surface area contributed by atoms with E-state index in [0.29, 0.717) is 16.4 Å². The van der Waals surface area contributed by atoms with Crippen LogP contribution in [0.25, 0.3) is 0 Å². The lowest BCUT2D eigenvalue weighted by molar-refractivity contribution is -0.118. The minimum absolute atomic E-state index is 0.0609. The maximum absolute atomic E-state index is 12.0. The van der Waals surface area contributed by atoms with Crippen molar-refractivity contribution in [1.29, 1.82) is 0 Å². The number of hydrogen-bond acceptors (Lipinski definition) is 4. The van der Waals surface area contributed by atoms with Gasteiger partial charge in [0.2, 0.25) is 5.91 Å². The van der Waals surface area contributed by atoms with Crippen molar-refractivity contribution in [2.24, 2.45) is 0 Å². The van der Waals surface area contributed by atoms with Gasteiger partial charge >= 0.3 is 5.97 Å². The van der Waals surface area contributed by atoms with Crippen molar-refractivity contribution >= 4 is 29.2 Å². The van der Waals surface area contributed by atoms with Gasteiger partial charge in [-0.1, -0.05) is 29.8 Å². The molecule has 2 aromatic rings. The Morgan fingerprint density at radius 1 is 1.29 bits per heavy atom. The molecule has 1 N–H and O–H groups in total. The number of hydrogen-bond donors (Lipinski definition) is 1. The number of carbonyl (C=O) groups is 2. The van der Waals surface area contributed by atoms with Crippen molar-refractivity contribution in [3.05, 3.63) is 58.9 Å². The van der Waals surface area contributed by atoms with Crippen molar-refractivity contribution in [2.75, 3.05) is 5.32 Å². The Morgan fingerprint density at radius 2 is 2.10 bits per heavy atom. The number of cyclic esters (lactones) is 1. The van der Waals surface area contributed by atoms with Crippen LogP contribution in [-0.2, 0) is 9.53 Å². The summed E-state index contributed by atoms with van der Waals surface area (Å²) in [6.07, 6.45) is 0.981. The van der Waals surface area contributed by atoms with E-state index in [1.807, 2.05) is 6.07 Å². The van der Waals surface area contributed by atoms with Crippen LogP contribution in [0, 0.1) is 0 Å². The lowest BCUT2D eigenvalue weighted by atomic mass is 10.0. The van der Waals surface area contributed by atoms with E-state index in [2.05, 4.69) is 10.3 Å². The molecule has 0 aliphatic carbocycles. The smallest absolute Gasteiger partial charge is 0.339 e. The molecular weight excluding hydrogens is 292 g/mol. The number of nitrogens with zero attached hydrogens (tertiary/aromatic N) is 1. The SMILES string of the molecule is O=C(C[C@@H]1OC(=O)c2ccccc21)Nc1ccc(Cl)nc1. The molecule has 21 heavy (non-hydrogen) atoms.